The third-order valence-electron chi connectivity index (χ3n) is 4.47. The molecule has 1 atom stereocenters. The first-order chi connectivity index (χ1) is 12.1. The Balaban J connectivity index is 1.59. The van der Waals surface area contributed by atoms with Crippen LogP contribution in [0.3, 0.4) is 0 Å². The molecule has 0 saturated carbocycles. The molecule has 1 aromatic heterocycles. The van der Waals surface area contributed by atoms with Gasteiger partial charge in [-0.2, -0.15) is 0 Å². The Hall–Kier alpha value is -2.34. The van der Waals surface area contributed by atoms with Crippen molar-refractivity contribution in [3.63, 3.8) is 0 Å². The third kappa shape index (κ3) is 4.02. The molecular formula is C19H23N3O2S. The van der Waals surface area contributed by atoms with E-state index in [0.29, 0.717) is 18.0 Å². The molecule has 0 bridgehead atoms. The first-order valence-corrected chi connectivity index (χ1v) is 9.32. The van der Waals surface area contributed by atoms with E-state index in [1.807, 2.05) is 60.8 Å². The van der Waals surface area contributed by atoms with Crippen LogP contribution < -0.4 is 10.2 Å². The number of hydrogen-bond donors (Lipinski definition) is 1. The lowest BCUT2D eigenvalue weighted by molar-refractivity contribution is -0.125. The molecule has 1 fully saturated rings. The second-order valence-corrected chi connectivity index (χ2v) is 7.36. The van der Waals surface area contributed by atoms with Crippen LogP contribution in [0, 0.1) is 0 Å². The summed E-state index contributed by atoms with van der Waals surface area (Å²) in [6.45, 7) is 1.12. The molecule has 2 aromatic rings. The summed E-state index contributed by atoms with van der Waals surface area (Å²) in [5.41, 5.74) is 2.17. The second-order valence-electron chi connectivity index (χ2n) is 6.41. The monoisotopic (exact) mass is 357 g/mol. The number of anilines is 1. The van der Waals surface area contributed by atoms with Crippen molar-refractivity contribution in [2.24, 2.45) is 0 Å². The zero-order valence-corrected chi connectivity index (χ0v) is 15.4. The molecule has 6 heteroatoms. The van der Waals surface area contributed by atoms with Gasteiger partial charge in [-0.25, -0.2) is 0 Å². The van der Waals surface area contributed by atoms with Crippen molar-refractivity contribution in [2.75, 3.05) is 25.5 Å². The number of nitrogens with zero attached hydrogens (tertiary/aromatic N) is 2. The van der Waals surface area contributed by atoms with E-state index in [9.17, 15) is 9.59 Å². The third-order valence-corrected chi connectivity index (χ3v) is 5.33. The largest absolute Gasteiger partial charge is 0.378 e. The van der Waals surface area contributed by atoms with E-state index in [4.69, 9.17) is 0 Å². The number of hydrogen-bond acceptors (Lipinski definition) is 4. The van der Waals surface area contributed by atoms with Gasteiger partial charge < -0.3 is 15.1 Å². The predicted molar refractivity (Wildman–Crippen MR) is 101 cm³/mol. The number of rotatable bonds is 5. The Morgan fingerprint density at radius 2 is 2.00 bits per heavy atom. The summed E-state index contributed by atoms with van der Waals surface area (Å²) in [5.74, 6) is -0.109. The molecule has 0 unspecified atom stereocenters. The van der Waals surface area contributed by atoms with Gasteiger partial charge in [-0.3, -0.25) is 9.59 Å². The van der Waals surface area contributed by atoms with Crippen LogP contribution in [-0.2, 0) is 11.3 Å². The Morgan fingerprint density at radius 1 is 1.24 bits per heavy atom. The summed E-state index contributed by atoms with van der Waals surface area (Å²) in [6.07, 6.45) is 1.59. The van der Waals surface area contributed by atoms with Crippen molar-refractivity contribution >= 4 is 28.8 Å². The second kappa shape index (κ2) is 7.70. The van der Waals surface area contributed by atoms with E-state index >= 15 is 0 Å². The van der Waals surface area contributed by atoms with Crippen molar-refractivity contribution in [1.82, 2.24) is 10.2 Å². The van der Waals surface area contributed by atoms with Gasteiger partial charge in [-0.15, -0.1) is 11.3 Å². The van der Waals surface area contributed by atoms with E-state index in [0.717, 1.165) is 24.1 Å². The van der Waals surface area contributed by atoms with Gasteiger partial charge in [0.05, 0.1) is 4.88 Å². The molecule has 5 nitrogen and oxygen atoms in total. The minimum atomic E-state index is -0.365. The number of nitrogens with one attached hydrogen (secondary N) is 1. The van der Waals surface area contributed by atoms with E-state index < -0.39 is 0 Å². The Bertz CT molecular complexity index is 726. The quantitative estimate of drug-likeness (QED) is 0.895. The lowest BCUT2D eigenvalue weighted by Gasteiger charge is -2.23. The Labute approximate surface area is 152 Å². The van der Waals surface area contributed by atoms with Gasteiger partial charge in [0.2, 0.25) is 5.91 Å². The van der Waals surface area contributed by atoms with Gasteiger partial charge in [-0.1, -0.05) is 18.2 Å². The lowest BCUT2D eigenvalue weighted by atomic mass is 10.1. The van der Waals surface area contributed by atoms with Gasteiger partial charge >= 0.3 is 0 Å². The first-order valence-electron chi connectivity index (χ1n) is 8.44. The van der Waals surface area contributed by atoms with Crippen molar-refractivity contribution in [3.8, 4) is 0 Å². The number of amides is 2. The molecule has 0 spiro atoms. The van der Waals surface area contributed by atoms with Gasteiger partial charge in [0.1, 0.15) is 6.04 Å². The lowest BCUT2D eigenvalue weighted by Crippen LogP contribution is -2.45. The summed E-state index contributed by atoms with van der Waals surface area (Å²) in [7, 11) is 3.99. The van der Waals surface area contributed by atoms with Gasteiger partial charge in [0, 0.05) is 32.9 Å². The highest BCUT2D eigenvalue weighted by molar-refractivity contribution is 7.12. The summed E-state index contributed by atoms with van der Waals surface area (Å²) in [5, 5.41) is 4.86. The van der Waals surface area contributed by atoms with Gasteiger partial charge in [-0.05, 0) is 42.0 Å². The highest BCUT2D eigenvalue weighted by Gasteiger charge is 2.34. The van der Waals surface area contributed by atoms with E-state index in [2.05, 4.69) is 5.32 Å². The van der Waals surface area contributed by atoms with Crippen molar-refractivity contribution in [3.05, 3.63) is 52.2 Å². The molecule has 2 amide bonds. The zero-order chi connectivity index (χ0) is 17.8. The van der Waals surface area contributed by atoms with Gasteiger partial charge in [0.15, 0.2) is 0 Å². The molecule has 0 aliphatic carbocycles. The number of likely N-dealkylation sites (tertiary alicyclic amines) is 1. The minimum absolute atomic E-state index is 0.0389. The molecule has 3 rings (SSSR count). The molecule has 2 heterocycles. The topological polar surface area (TPSA) is 52.7 Å². The standard InChI is InChI=1S/C19H23N3O2S/c1-21(2)15-9-7-14(8-10-15)13-20-18(23)16-5-3-11-22(16)19(24)17-6-4-12-25-17/h4,6-10,12,16H,3,5,11,13H2,1-2H3,(H,20,23)/t16-/m1/s1. The molecule has 1 saturated heterocycles. The molecule has 1 N–H and O–H groups in total. The molecule has 25 heavy (non-hydrogen) atoms. The SMILES string of the molecule is CN(C)c1ccc(CNC(=O)[C@H]2CCCN2C(=O)c2cccs2)cc1. The molecule has 0 radical (unpaired) electrons. The fourth-order valence-electron chi connectivity index (χ4n) is 3.04. The molecular weight excluding hydrogens is 334 g/mol. The molecule has 132 valence electrons. The number of carbonyl (C=O) groups excluding carboxylic acids is 2. The summed E-state index contributed by atoms with van der Waals surface area (Å²) in [6, 6.07) is 11.4. The zero-order valence-electron chi connectivity index (χ0n) is 14.6. The summed E-state index contributed by atoms with van der Waals surface area (Å²) in [4.78, 5) is 29.6. The van der Waals surface area contributed by atoms with Crippen LogP contribution in [0.2, 0.25) is 0 Å². The van der Waals surface area contributed by atoms with Crippen molar-refractivity contribution in [1.29, 1.82) is 0 Å². The van der Waals surface area contributed by atoms with Crippen molar-refractivity contribution in [2.45, 2.75) is 25.4 Å². The van der Waals surface area contributed by atoms with Crippen LogP contribution in [0.4, 0.5) is 5.69 Å². The van der Waals surface area contributed by atoms with Crippen LogP contribution in [-0.4, -0.2) is 43.4 Å². The maximum Gasteiger partial charge on any atom is 0.264 e. The van der Waals surface area contributed by atoms with Crippen LogP contribution in [0.15, 0.2) is 41.8 Å². The Morgan fingerprint density at radius 3 is 2.64 bits per heavy atom. The maximum atomic E-state index is 12.6. The average Bonchev–Trinajstić information content (AvgIpc) is 3.30. The fraction of sp³-hybridized carbons (Fsp3) is 0.368. The minimum Gasteiger partial charge on any atom is -0.378 e. The van der Waals surface area contributed by atoms with Gasteiger partial charge in [0.25, 0.3) is 5.91 Å². The first kappa shape index (κ1) is 17.5. The van der Waals surface area contributed by atoms with Crippen molar-refractivity contribution < 1.29 is 9.59 Å². The van der Waals surface area contributed by atoms with E-state index in [1.54, 1.807) is 4.90 Å². The normalized spacial score (nSPS) is 16.7. The van der Waals surface area contributed by atoms with E-state index in [-0.39, 0.29) is 17.9 Å². The van der Waals surface area contributed by atoms with Crippen LogP contribution >= 0.6 is 11.3 Å². The highest BCUT2D eigenvalue weighted by atomic mass is 32.1. The number of benzene rings is 1. The van der Waals surface area contributed by atoms with Crippen LogP contribution in [0.25, 0.3) is 0 Å². The predicted octanol–water partition coefficient (Wildman–Crippen LogP) is 2.74. The average molecular weight is 357 g/mol. The highest BCUT2D eigenvalue weighted by Crippen LogP contribution is 2.22. The fourth-order valence-corrected chi connectivity index (χ4v) is 3.72. The molecule has 1 aliphatic heterocycles. The van der Waals surface area contributed by atoms with E-state index in [1.165, 1.54) is 11.3 Å². The number of thiophene rings is 1. The summed E-state index contributed by atoms with van der Waals surface area (Å²) >= 11 is 1.42. The Kier molecular flexibility index (Phi) is 5.38. The molecule has 1 aromatic carbocycles. The maximum absolute atomic E-state index is 12.6. The smallest absolute Gasteiger partial charge is 0.264 e. The number of carbonyl (C=O) groups is 2. The van der Waals surface area contributed by atoms with Crippen LogP contribution in [0.1, 0.15) is 28.1 Å². The molecule has 1 aliphatic rings. The van der Waals surface area contributed by atoms with Crippen LogP contribution in [0.5, 0.6) is 0 Å². The summed E-state index contributed by atoms with van der Waals surface area (Å²) < 4.78 is 0.